The van der Waals surface area contributed by atoms with Crippen LogP contribution in [-0.4, -0.2) is 47.9 Å². The summed E-state index contributed by atoms with van der Waals surface area (Å²) < 4.78 is 10.6. The van der Waals surface area contributed by atoms with Crippen molar-refractivity contribution in [1.82, 2.24) is 0 Å². The van der Waals surface area contributed by atoms with Gasteiger partial charge in [-0.3, -0.25) is 9.59 Å². The van der Waals surface area contributed by atoms with Crippen molar-refractivity contribution in [2.24, 2.45) is 0 Å². The van der Waals surface area contributed by atoms with Gasteiger partial charge in [0.2, 0.25) is 0 Å². The Labute approximate surface area is 155 Å². The Morgan fingerprint density at radius 1 is 0.808 bits per heavy atom. The normalized spacial score (nSPS) is 11.8. The minimum Gasteiger partial charge on any atom is -0.481 e. The number of carboxylic acid groups (broad SMARTS) is 2. The van der Waals surface area contributed by atoms with Gasteiger partial charge in [-0.05, 0) is 24.8 Å². The Morgan fingerprint density at radius 2 is 1.50 bits per heavy atom. The zero-order valence-electron chi connectivity index (χ0n) is 15.9. The van der Waals surface area contributed by atoms with Crippen molar-refractivity contribution in [1.29, 1.82) is 0 Å². The van der Waals surface area contributed by atoms with Gasteiger partial charge in [-0.15, -0.1) is 0 Å². The summed E-state index contributed by atoms with van der Waals surface area (Å²) in [6.07, 6.45) is 5.09. The summed E-state index contributed by atoms with van der Waals surface area (Å²) in [5.74, 6) is -3.11. The number of aliphatic carboxylic acids is 2. The van der Waals surface area contributed by atoms with E-state index in [-0.39, 0.29) is 30.6 Å². The van der Waals surface area contributed by atoms with Gasteiger partial charge in [0.15, 0.2) is 0 Å². The minimum atomic E-state index is -1.33. The van der Waals surface area contributed by atoms with Crippen LogP contribution in [0.4, 0.5) is 0 Å². The molecule has 7 nitrogen and oxygen atoms in total. The quantitative estimate of drug-likeness (QED) is 0.242. The third-order valence-electron chi connectivity index (χ3n) is 3.82. The maximum Gasteiger partial charge on any atom is 0.332 e. The van der Waals surface area contributed by atoms with Crippen LogP contribution < -0.4 is 0 Å². The lowest BCUT2D eigenvalue weighted by Crippen LogP contribution is -2.15. The Balaban J connectivity index is 4.81. The number of esters is 1. The van der Waals surface area contributed by atoms with E-state index in [0.717, 1.165) is 38.5 Å². The van der Waals surface area contributed by atoms with Crippen LogP contribution in [0.2, 0.25) is 0 Å². The van der Waals surface area contributed by atoms with Crippen molar-refractivity contribution in [2.45, 2.75) is 71.6 Å². The summed E-state index contributed by atoms with van der Waals surface area (Å²) in [7, 11) is 0. The topological polar surface area (TPSA) is 110 Å². The molecule has 0 saturated carbocycles. The van der Waals surface area contributed by atoms with Gasteiger partial charge in [-0.2, -0.15) is 0 Å². The van der Waals surface area contributed by atoms with Gasteiger partial charge in [0.1, 0.15) is 0 Å². The largest absolute Gasteiger partial charge is 0.481 e. The van der Waals surface area contributed by atoms with E-state index in [9.17, 15) is 19.5 Å². The molecule has 0 heterocycles. The predicted molar refractivity (Wildman–Crippen MR) is 97.0 cm³/mol. The van der Waals surface area contributed by atoms with E-state index in [1.165, 1.54) is 0 Å². The third-order valence-corrected chi connectivity index (χ3v) is 3.82. The van der Waals surface area contributed by atoms with E-state index in [1.54, 1.807) is 0 Å². The van der Waals surface area contributed by atoms with E-state index >= 15 is 0 Å². The van der Waals surface area contributed by atoms with Crippen molar-refractivity contribution in [3.05, 3.63) is 11.1 Å². The fourth-order valence-electron chi connectivity index (χ4n) is 2.33. The van der Waals surface area contributed by atoms with Crippen molar-refractivity contribution >= 4 is 17.9 Å². The molecule has 0 fully saturated rings. The van der Waals surface area contributed by atoms with Gasteiger partial charge in [-0.1, -0.05) is 39.5 Å². The highest BCUT2D eigenvalue weighted by molar-refractivity contribution is 5.93. The Morgan fingerprint density at radius 3 is 2.08 bits per heavy atom. The second kappa shape index (κ2) is 15.4. The number of carboxylic acids is 2. The van der Waals surface area contributed by atoms with Crippen LogP contribution in [0, 0.1) is 0 Å². The average Bonchev–Trinajstić information content (AvgIpc) is 2.58. The maximum atomic E-state index is 12.0. The standard InChI is InChI=1S/C19H32O7/c1-3-5-7-8-11-26-18(22)13-15(9-12-25-10-6-4-2)16(19(23)24)14-17(20)21/h3-14H2,1-2H3,(H,20,21)(H,23,24). The number of rotatable bonds is 16. The smallest absolute Gasteiger partial charge is 0.332 e. The molecule has 0 aromatic rings. The maximum absolute atomic E-state index is 12.0. The summed E-state index contributed by atoms with van der Waals surface area (Å²) in [5, 5.41) is 18.2. The Kier molecular flexibility index (Phi) is 14.3. The van der Waals surface area contributed by atoms with E-state index in [4.69, 9.17) is 14.6 Å². The SMILES string of the molecule is CCCCCCOC(=O)CC(CCOCCCC)=C(CC(=O)O)C(=O)O. The van der Waals surface area contributed by atoms with Gasteiger partial charge in [0.25, 0.3) is 0 Å². The van der Waals surface area contributed by atoms with Crippen molar-refractivity contribution in [3.63, 3.8) is 0 Å². The van der Waals surface area contributed by atoms with Crippen molar-refractivity contribution < 1.29 is 34.1 Å². The van der Waals surface area contributed by atoms with Crippen LogP contribution in [-0.2, 0) is 23.9 Å². The number of carbonyl (C=O) groups is 3. The number of carbonyl (C=O) groups excluding carboxylic acids is 1. The number of ether oxygens (including phenoxy) is 2. The molecule has 0 spiro atoms. The molecule has 150 valence electrons. The molecule has 2 N–H and O–H groups in total. The van der Waals surface area contributed by atoms with E-state index in [1.807, 2.05) is 6.92 Å². The molecule has 26 heavy (non-hydrogen) atoms. The lowest BCUT2D eigenvalue weighted by molar-refractivity contribution is -0.143. The van der Waals surface area contributed by atoms with Crippen LogP contribution >= 0.6 is 0 Å². The third kappa shape index (κ3) is 12.5. The van der Waals surface area contributed by atoms with E-state index < -0.39 is 24.3 Å². The van der Waals surface area contributed by atoms with Gasteiger partial charge >= 0.3 is 17.9 Å². The highest BCUT2D eigenvalue weighted by Crippen LogP contribution is 2.18. The monoisotopic (exact) mass is 372 g/mol. The number of hydrogen-bond acceptors (Lipinski definition) is 5. The van der Waals surface area contributed by atoms with Gasteiger partial charge in [0.05, 0.1) is 26.1 Å². The second-order valence-electron chi connectivity index (χ2n) is 6.13. The first-order valence-corrected chi connectivity index (χ1v) is 9.31. The molecule has 7 heteroatoms. The predicted octanol–water partition coefficient (Wildman–Crippen LogP) is 3.56. The van der Waals surface area contributed by atoms with Gasteiger partial charge in [0, 0.05) is 12.2 Å². The molecule has 0 amide bonds. The molecule has 0 aliphatic rings. The summed E-state index contributed by atoms with van der Waals surface area (Å²) in [5.41, 5.74) is -0.00511. The first-order valence-electron chi connectivity index (χ1n) is 9.31. The molecule has 0 saturated heterocycles. The zero-order chi connectivity index (χ0) is 19.8. The summed E-state index contributed by atoms with van der Waals surface area (Å²) in [6.45, 7) is 5.20. The van der Waals surface area contributed by atoms with Crippen LogP contribution in [0.15, 0.2) is 11.1 Å². The van der Waals surface area contributed by atoms with E-state index in [0.29, 0.717) is 13.2 Å². The molecule has 0 aromatic carbocycles. The average molecular weight is 372 g/mol. The molecule has 0 aromatic heterocycles. The van der Waals surface area contributed by atoms with Crippen molar-refractivity contribution in [3.8, 4) is 0 Å². The van der Waals surface area contributed by atoms with Gasteiger partial charge < -0.3 is 19.7 Å². The highest BCUT2D eigenvalue weighted by Gasteiger charge is 2.20. The molecular formula is C19H32O7. The summed E-state index contributed by atoms with van der Waals surface area (Å²) in [4.78, 5) is 34.4. The molecular weight excluding hydrogens is 340 g/mol. The number of unbranched alkanes of at least 4 members (excludes halogenated alkanes) is 4. The summed E-state index contributed by atoms with van der Waals surface area (Å²) >= 11 is 0. The Hall–Kier alpha value is -1.89. The summed E-state index contributed by atoms with van der Waals surface area (Å²) in [6, 6.07) is 0. The van der Waals surface area contributed by atoms with Crippen LogP contribution in [0.5, 0.6) is 0 Å². The number of hydrogen-bond donors (Lipinski definition) is 2. The first kappa shape index (κ1) is 24.1. The molecule has 0 atom stereocenters. The van der Waals surface area contributed by atoms with E-state index in [2.05, 4.69) is 6.92 Å². The lowest BCUT2D eigenvalue weighted by atomic mass is 9.99. The van der Waals surface area contributed by atoms with Gasteiger partial charge in [-0.25, -0.2) is 4.79 Å². The first-order chi connectivity index (χ1) is 12.4. The lowest BCUT2D eigenvalue weighted by Gasteiger charge is -2.12. The molecule has 0 aliphatic carbocycles. The fraction of sp³-hybridized carbons (Fsp3) is 0.737. The van der Waals surface area contributed by atoms with Crippen LogP contribution in [0.3, 0.4) is 0 Å². The highest BCUT2D eigenvalue weighted by atomic mass is 16.5. The molecule has 0 aliphatic heterocycles. The molecule has 0 bridgehead atoms. The zero-order valence-corrected chi connectivity index (χ0v) is 15.9. The Bertz CT molecular complexity index is 469. The van der Waals surface area contributed by atoms with Crippen LogP contribution in [0.1, 0.15) is 71.6 Å². The minimum absolute atomic E-state index is 0.198. The molecule has 0 unspecified atom stereocenters. The second-order valence-corrected chi connectivity index (χ2v) is 6.13. The fourth-order valence-corrected chi connectivity index (χ4v) is 2.33. The van der Waals surface area contributed by atoms with Crippen LogP contribution in [0.25, 0.3) is 0 Å². The molecule has 0 radical (unpaired) electrons. The molecule has 0 rings (SSSR count). The van der Waals surface area contributed by atoms with Crippen molar-refractivity contribution in [2.75, 3.05) is 19.8 Å².